The summed E-state index contributed by atoms with van der Waals surface area (Å²) < 4.78 is 32.8. The van der Waals surface area contributed by atoms with Crippen LogP contribution in [0.5, 0.6) is 5.75 Å². The largest absolute Gasteiger partial charge is 0.494 e. The molecule has 0 spiro atoms. The maximum absolute atomic E-state index is 13.5. The quantitative estimate of drug-likeness (QED) is 0.0999. The molecule has 0 aliphatic heterocycles. The van der Waals surface area contributed by atoms with Crippen molar-refractivity contribution in [3.8, 4) is 5.75 Å². The second kappa shape index (κ2) is 19.8. The SMILES string of the molecule is CCCCCCCCCCCCOc1ccc(S(=O)(=O)C(CC)C(=O)NC2CC(O)C(NC(=O)c3ccc(Cl)c(Cl)c3)CC2Cl)cc1. The molecule has 1 aliphatic carbocycles. The normalized spacial score (nSPS) is 20.4. The van der Waals surface area contributed by atoms with Crippen molar-refractivity contribution in [3.63, 3.8) is 0 Å². The average molecular weight is 732 g/mol. The highest BCUT2D eigenvalue weighted by Crippen LogP contribution is 2.28. The zero-order valence-corrected chi connectivity index (χ0v) is 30.4. The number of alkyl halides is 1. The highest BCUT2D eigenvalue weighted by atomic mass is 35.5. The number of sulfone groups is 1. The summed E-state index contributed by atoms with van der Waals surface area (Å²) in [6.07, 6.45) is 11.6. The van der Waals surface area contributed by atoms with Crippen LogP contribution >= 0.6 is 34.8 Å². The van der Waals surface area contributed by atoms with E-state index >= 15 is 0 Å². The topological polar surface area (TPSA) is 122 Å². The van der Waals surface area contributed by atoms with Gasteiger partial charge in [0.25, 0.3) is 5.91 Å². The Morgan fingerprint density at radius 1 is 0.851 bits per heavy atom. The van der Waals surface area contributed by atoms with Crippen LogP contribution in [0.2, 0.25) is 10.0 Å². The lowest BCUT2D eigenvalue weighted by molar-refractivity contribution is -0.121. The molecular formula is C35H49Cl3N2O6S. The van der Waals surface area contributed by atoms with Gasteiger partial charge in [-0.3, -0.25) is 9.59 Å². The van der Waals surface area contributed by atoms with Crippen LogP contribution in [-0.4, -0.2) is 60.8 Å². The van der Waals surface area contributed by atoms with Crippen molar-refractivity contribution in [3.05, 3.63) is 58.1 Å². The Hall–Kier alpha value is -2.04. The molecule has 2 aromatic rings. The second-order valence-electron chi connectivity index (χ2n) is 12.3. The third-order valence-corrected chi connectivity index (χ3v) is 12.1. The third-order valence-electron chi connectivity index (χ3n) is 8.66. The van der Waals surface area contributed by atoms with Crippen molar-refractivity contribution in [1.29, 1.82) is 0 Å². The number of halogens is 3. The van der Waals surface area contributed by atoms with Gasteiger partial charge in [-0.05, 0) is 68.1 Å². The molecule has 1 fully saturated rings. The highest BCUT2D eigenvalue weighted by Gasteiger charge is 2.40. The first-order chi connectivity index (χ1) is 22.5. The standard InChI is InChI=1S/C35H49Cl3N2O6S/c1-3-5-6-7-8-9-10-11-12-13-20-46-25-15-17-26(18-16-25)47(44,45)33(4-2)35(43)39-30-23-32(41)31(22-29(30)38)40-34(42)24-14-19-27(36)28(37)21-24/h14-19,21,29-33,41H,3-13,20,22-23H2,1-2H3,(H,39,43)(H,40,42). The van der Waals surface area contributed by atoms with Gasteiger partial charge in [0.2, 0.25) is 5.91 Å². The number of rotatable bonds is 19. The predicted molar refractivity (Wildman–Crippen MR) is 190 cm³/mol. The first kappa shape index (κ1) is 39.4. The summed E-state index contributed by atoms with van der Waals surface area (Å²) in [6.45, 7) is 4.43. The summed E-state index contributed by atoms with van der Waals surface area (Å²) in [5, 5.41) is 14.8. The Bertz CT molecular complexity index is 1390. The molecule has 12 heteroatoms. The minimum absolute atomic E-state index is 0.0296. The van der Waals surface area contributed by atoms with Crippen molar-refractivity contribution in [1.82, 2.24) is 10.6 Å². The lowest BCUT2D eigenvalue weighted by atomic mass is 9.87. The van der Waals surface area contributed by atoms with E-state index < -0.39 is 50.5 Å². The molecular weight excluding hydrogens is 683 g/mol. The Morgan fingerprint density at radius 2 is 1.47 bits per heavy atom. The van der Waals surface area contributed by atoms with Gasteiger partial charge in [0, 0.05) is 11.6 Å². The van der Waals surface area contributed by atoms with E-state index in [1.165, 1.54) is 81.7 Å². The molecule has 0 aromatic heterocycles. The lowest BCUT2D eigenvalue weighted by Crippen LogP contribution is -2.57. The van der Waals surface area contributed by atoms with E-state index in [4.69, 9.17) is 39.5 Å². The van der Waals surface area contributed by atoms with Gasteiger partial charge in [-0.25, -0.2) is 8.42 Å². The molecule has 5 atom stereocenters. The van der Waals surface area contributed by atoms with Crippen LogP contribution in [0.1, 0.15) is 108 Å². The summed E-state index contributed by atoms with van der Waals surface area (Å²) in [7, 11) is -4.01. The molecule has 2 aromatic carbocycles. The Balaban J connectivity index is 1.46. The molecule has 8 nitrogen and oxygen atoms in total. The number of ether oxygens (including phenoxy) is 1. The number of hydrogen-bond acceptors (Lipinski definition) is 6. The summed E-state index contributed by atoms with van der Waals surface area (Å²) in [5.41, 5.74) is 0.276. The molecule has 47 heavy (non-hydrogen) atoms. The number of carbonyl (C=O) groups is 2. The van der Waals surface area contributed by atoms with Gasteiger partial charge in [0.15, 0.2) is 9.84 Å². The van der Waals surface area contributed by atoms with Crippen molar-refractivity contribution >= 4 is 56.5 Å². The van der Waals surface area contributed by atoms with Crippen LogP contribution in [-0.2, 0) is 14.6 Å². The molecule has 3 rings (SSSR count). The lowest BCUT2D eigenvalue weighted by Gasteiger charge is -2.37. The predicted octanol–water partition coefficient (Wildman–Crippen LogP) is 7.89. The van der Waals surface area contributed by atoms with Crippen molar-refractivity contribution in [2.45, 2.75) is 131 Å². The minimum atomic E-state index is -4.01. The summed E-state index contributed by atoms with van der Waals surface area (Å²) in [5.74, 6) is -0.555. The first-order valence-electron chi connectivity index (χ1n) is 16.8. The molecule has 0 saturated heterocycles. The fourth-order valence-corrected chi connectivity index (χ4v) is 8.11. The van der Waals surface area contributed by atoms with Gasteiger partial charge in [0.1, 0.15) is 11.0 Å². The van der Waals surface area contributed by atoms with Gasteiger partial charge in [-0.1, -0.05) is 94.8 Å². The zero-order chi connectivity index (χ0) is 34.4. The van der Waals surface area contributed by atoms with E-state index in [-0.39, 0.29) is 34.7 Å². The third kappa shape index (κ3) is 12.1. The summed E-state index contributed by atoms with van der Waals surface area (Å²) in [4.78, 5) is 26.0. The Morgan fingerprint density at radius 3 is 2.06 bits per heavy atom. The van der Waals surface area contributed by atoms with E-state index in [1.807, 2.05) is 0 Å². The van der Waals surface area contributed by atoms with Crippen LogP contribution in [0.15, 0.2) is 47.4 Å². The molecule has 2 amide bonds. The summed E-state index contributed by atoms with van der Waals surface area (Å²) >= 11 is 18.5. The molecule has 262 valence electrons. The van der Waals surface area contributed by atoms with Crippen molar-refractivity contribution in [2.75, 3.05) is 6.61 Å². The maximum atomic E-state index is 13.5. The van der Waals surface area contributed by atoms with Crippen LogP contribution in [0.25, 0.3) is 0 Å². The van der Waals surface area contributed by atoms with E-state index in [0.29, 0.717) is 17.4 Å². The van der Waals surface area contributed by atoms with Gasteiger partial charge < -0.3 is 20.5 Å². The molecule has 0 heterocycles. The number of benzene rings is 2. The number of amides is 2. The highest BCUT2D eigenvalue weighted by molar-refractivity contribution is 7.92. The molecule has 0 bridgehead atoms. The van der Waals surface area contributed by atoms with Gasteiger partial charge >= 0.3 is 0 Å². The number of unbranched alkanes of at least 4 members (excludes halogenated alkanes) is 9. The molecule has 1 aliphatic rings. The Kier molecular flexibility index (Phi) is 16.6. The smallest absolute Gasteiger partial charge is 0.251 e. The molecule has 3 N–H and O–H groups in total. The number of aliphatic hydroxyl groups is 1. The van der Waals surface area contributed by atoms with Gasteiger partial charge in [-0.2, -0.15) is 0 Å². The molecule has 1 saturated carbocycles. The van der Waals surface area contributed by atoms with E-state index in [1.54, 1.807) is 19.1 Å². The second-order valence-corrected chi connectivity index (χ2v) is 15.8. The van der Waals surface area contributed by atoms with E-state index in [2.05, 4.69) is 17.6 Å². The molecule has 5 unspecified atom stereocenters. The van der Waals surface area contributed by atoms with Crippen molar-refractivity contribution < 1.29 is 27.9 Å². The first-order valence-corrected chi connectivity index (χ1v) is 19.6. The van der Waals surface area contributed by atoms with E-state index in [9.17, 15) is 23.1 Å². The van der Waals surface area contributed by atoms with Gasteiger partial charge in [-0.15, -0.1) is 11.6 Å². The average Bonchev–Trinajstić information content (AvgIpc) is 3.04. The van der Waals surface area contributed by atoms with Crippen molar-refractivity contribution in [2.24, 2.45) is 0 Å². The summed E-state index contributed by atoms with van der Waals surface area (Å²) in [6, 6.07) is 9.26. The van der Waals surface area contributed by atoms with Crippen LogP contribution in [0.4, 0.5) is 0 Å². The minimum Gasteiger partial charge on any atom is -0.494 e. The fourth-order valence-electron chi connectivity index (χ4n) is 5.82. The molecule has 0 radical (unpaired) electrons. The fraction of sp³-hybridized carbons (Fsp3) is 0.600. The number of hydrogen-bond donors (Lipinski definition) is 3. The zero-order valence-electron chi connectivity index (χ0n) is 27.4. The van der Waals surface area contributed by atoms with Crippen LogP contribution < -0.4 is 15.4 Å². The number of aliphatic hydroxyl groups excluding tert-OH is 1. The number of nitrogens with one attached hydrogen (secondary N) is 2. The maximum Gasteiger partial charge on any atom is 0.251 e. The monoisotopic (exact) mass is 730 g/mol. The van der Waals surface area contributed by atoms with E-state index in [0.717, 1.165) is 12.8 Å². The van der Waals surface area contributed by atoms with Gasteiger partial charge in [0.05, 0.1) is 39.1 Å². The van der Waals surface area contributed by atoms with Crippen LogP contribution in [0.3, 0.4) is 0 Å². The van der Waals surface area contributed by atoms with Crippen LogP contribution in [0, 0.1) is 0 Å². The Labute approximate surface area is 295 Å². The number of carbonyl (C=O) groups excluding carboxylic acids is 2.